The van der Waals surface area contributed by atoms with E-state index >= 15 is 0 Å². The van der Waals surface area contributed by atoms with Crippen LogP contribution in [0.4, 0.5) is 0 Å². The van der Waals surface area contributed by atoms with E-state index in [4.69, 9.17) is 27.9 Å². The number of nitrogens with zero attached hydrogens (tertiary/aromatic N) is 3. The van der Waals surface area contributed by atoms with Crippen LogP contribution in [0.15, 0.2) is 24.7 Å². The summed E-state index contributed by atoms with van der Waals surface area (Å²) in [5.74, 6) is 0.0857. The van der Waals surface area contributed by atoms with Gasteiger partial charge >= 0.3 is 0 Å². The molecule has 2 aromatic rings. The van der Waals surface area contributed by atoms with Crippen LogP contribution in [-0.4, -0.2) is 33.8 Å². The minimum absolute atomic E-state index is 0.200. The predicted octanol–water partition coefficient (Wildman–Crippen LogP) is 2.41. The van der Waals surface area contributed by atoms with Gasteiger partial charge in [-0.2, -0.15) is 5.10 Å². The molecule has 1 amide bonds. The fourth-order valence-corrected chi connectivity index (χ4v) is 2.01. The van der Waals surface area contributed by atoms with Crippen LogP contribution in [0.3, 0.4) is 0 Å². The number of pyridine rings is 1. The van der Waals surface area contributed by atoms with Crippen LogP contribution in [0.5, 0.6) is 5.88 Å². The Kier molecular flexibility index (Phi) is 5.41. The van der Waals surface area contributed by atoms with Crippen LogP contribution in [0.2, 0.25) is 10.0 Å². The second-order valence-electron chi connectivity index (χ2n) is 4.13. The third-order valence-electron chi connectivity index (χ3n) is 2.62. The van der Waals surface area contributed by atoms with E-state index in [0.29, 0.717) is 22.2 Å². The number of ether oxygens (including phenoxy) is 1. The van der Waals surface area contributed by atoms with Crippen LogP contribution >= 0.6 is 23.2 Å². The maximum atomic E-state index is 11.8. The van der Waals surface area contributed by atoms with E-state index in [1.807, 2.05) is 6.92 Å². The van der Waals surface area contributed by atoms with Crippen molar-refractivity contribution in [2.24, 2.45) is 0 Å². The monoisotopic (exact) mass is 328 g/mol. The number of aryl methyl sites for hydroxylation is 1. The van der Waals surface area contributed by atoms with Crippen LogP contribution in [-0.2, 0) is 6.54 Å². The van der Waals surface area contributed by atoms with Crippen molar-refractivity contribution in [1.82, 2.24) is 20.1 Å². The molecule has 0 unspecified atom stereocenters. The highest BCUT2D eigenvalue weighted by Crippen LogP contribution is 2.24. The summed E-state index contributed by atoms with van der Waals surface area (Å²) in [5.41, 5.74) is 0.513. The number of carbonyl (C=O) groups excluding carboxylic acids is 1. The zero-order chi connectivity index (χ0) is 15.2. The lowest BCUT2D eigenvalue weighted by molar-refractivity contribution is 0.0946. The second-order valence-corrected chi connectivity index (χ2v) is 4.97. The molecular weight excluding hydrogens is 315 g/mol. The van der Waals surface area contributed by atoms with Gasteiger partial charge in [-0.25, -0.2) is 4.98 Å². The van der Waals surface area contributed by atoms with Gasteiger partial charge in [-0.15, -0.1) is 0 Å². The summed E-state index contributed by atoms with van der Waals surface area (Å²) < 4.78 is 7.05. The first-order valence-corrected chi connectivity index (χ1v) is 7.10. The van der Waals surface area contributed by atoms with Crippen LogP contribution in [0.25, 0.3) is 0 Å². The van der Waals surface area contributed by atoms with Crippen molar-refractivity contribution < 1.29 is 9.53 Å². The van der Waals surface area contributed by atoms with Crippen molar-refractivity contribution in [2.45, 2.75) is 13.5 Å². The number of rotatable bonds is 6. The largest absolute Gasteiger partial charge is 0.475 e. The van der Waals surface area contributed by atoms with E-state index in [9.17, 15) is 4.79 Å². The van der Waals surface area contributed by atoms with Gasteiger partial charge in [0.25, 0.3) is 5.91 Å². The molecule has 112 valence electrons. The normalized spacial score (nSPS) is 10.4. The first-order valence-electron chi connectivity index (χ1n) is 6.34. The number of hydrogen-bond donors (Lipinski definition) is 1. The molecule has 0 aliphatic carbocycles. The van der Waals surface area contributed by atoms with Crippen molar-refractivity contribution in [1.29, 1.82) is 0 Å². The smallest absolute Gasteiger partial charge is 0.254 e. The molecule has 6 nitrogen and oxygen atoms in total. The molecule has 8 heteroatoms. The molecule has 0 saturated heterocycles. The highest BCUT2D eigenvalue weighted by Gasteiger charge is 2.08. The van der Waals surface area contributed by atoms with Crippen LogP contribution in [0.1, 0.15) is 17.3 Å². The highest BCUT2D eigenvalue weighted by atomic mass is 35.5. The van der Waals surface area contributed by atoms with Crippen LogP contribution < -0.4 is 10.1 Å². The zero-order valence-corrected chi connectivity index (χ0v) is 12.9. The van der Waals surface area contributed by atoms with Crippen molar-refractivity contribution >= 4 is 29.1 Å². The minimum atomic E-state index is -0.200. The summed E-state index contributed by atoms with van der Waals surface area (Å²) in [5, 5.41) is 7.53. The number of nitrogens with one attached hydrogen (secondary N) is 1. The Hall–Kier alpha value is -1.79. The average Bonchev–Trinajstić information content (AvgIpc) is 2.94. The Morgan fingerprint density at radius 2 is 2.24 bits per heavy atom. The van der Waals surface area contributed by atoms with E-state index in [-0.39, 0.29) is 18.4 Å². The molecule has 0 bridgehead atoms. The van der Waals surface area contributed by atoms with Crippen molar-refractivity contribution in [3.63, 3.8) is 0 Å². The topological polar surface area (TPSA) is 69.0 Å². The summed E-state index contributed by atoms with van der Waals surface area (Å²) >= 11 is 11.6. The standard InChI is InChI=1S/C13H14Cl2N4O2/c1-2-19-8-9(6-18-19)12(20)16-3-4-21-13-11(15)5-10(14)7-17-13/h5-8H,2-4H2,1H3,(H,16,20). The molecular formula is C13H14Cl2N4O2. The number of hydrogen-bond acceptors (Lipinski definition) is 4. The lowest BCUT2D eigenvalue weighted by atomic mass is 10.3. The first-order chi connectivity index (χ1) is 10.1. The maximum Gasteiger partial charge on any atom is 0.254 e. The quantitative estimate of drug-likeness (QED) is 0.827. The molecule has 2 rings (SSSR count). The molecule has 2 aromatic heterocycles. The molecule has 0 spiro atoms. The molecule has 0 fully saturated rings. The number of carbonyl (C=O) groups is 1. The van der Waals surface area contributed by atoms with Gasteiger partial charge < -0.3 is 10.1 Å². The van der Waals surface area contributed by atoms with Gasteiger partial charge in [-0.05, 0) is 13.0 Å². The van der Waals surface area contributed by atoms with E-state index in [0.717, 1.165) is 6.54 Å². The minimum Gasteiger partial charge on any atom is -0.475 e. The van der Waals surface area contributed by atoms with E-state index in [2.05, 4.69) is 15.4 Å². The molecule has 0 aromatic carbocycles. The van der Waals surface area contributed by atoms with Crippen molar-refractivity contribution in [3.8, 4) is 5.88 Å². The lowest BCUT2D eigenvalue weighted by Gasteiger charge is -2.07. The van der Waals surface area contributed by atoms with Crippen LogP contribution in [0, 0.1) is 0 Å². The summed E-state index contributed by atoms with van der Waals surface area (Å²) in [6.07, 6.45) is 4.66. The van der Waals surface area contributed by atoms with Gasteiger partial charge in [-0.1, -0.05) is 23.2 Å². The number of amides is 1. The molecule has 0 atom stereocenters. The van der Waals surface area contributed by atoms with Gasteiger partial charge in [0.1, 0.15) is 11.6 Å². The lowest BCUT2D eigenvalue weighted by Crippen LogP contribution is -2.28. The average molecular weight is 329 g/mol. The Bertz CT molecular complexity index is 630. The van der Waals surface area contributed by atoms with E-state index in [1.165, 1.54) is 12.4 Å². The molecule has 1 N–H and O–H groups in total. The zero-order valence-electron chi connectivity index (χ0n) is 11.3. The Balaban J connectivity index is 1.77. The molecule has 0 aliphatic rings. The van der Waals surface area contributed by atoms with Gasteiger partial charge in [0.2, 0.25) is 5.88 Å². The van der Waals surface area contributed by atoms with Crippen molar-refractivity contribution in [3.05, 3.63) is 40.3 Å². The highest BCUT2D eigenvalue weighted by molar-refractivity contribution is 6.35. The summed E-state index contributed by atoms with van der Waals surface area (Å²) in [6.45, 7) is 3.25. The molecule has 21 heavy (non-hydrogen) atoms. The van der Waals surface area contributed by atoms with E-state index in [1.54, 1.807) is 16.9 Å². The molecule has 0 radical (unpaired) electrons. The van der Waals surface area contributed by atoms with Gasteiger partial charge in [0, 0.05) is 18.9 Å². The summed E-state index contributed by atoms with van der Waals surface area (Å²) in [4.78, 5) is 15.8. The second kappa shape index (κ2) is 7.28. The van der Waals surface area contributed by atoms with Gasteiger partial charge in [0.05, 0.1) is 23.3 Å². The maximum absolute atomic E-state index is 11.8. The van der Waals surface area contributed by atoms with Gasteiger partial charge in [-0.3, -0.25) is 9.48 Å². The SMILES string of the molecule is CCn1cc(C(=O)NCCOc2ncc(Cl)cc2Cl)cn1. The van der Waals surface area contributed by atoms with Gasteiger partial charge in [0.15, 0.2) is 0 Å². The Morgan fingerprint density at radius 1 is 1.43 bits per heavy atom. The Morgan fingerprint density at radius 3 is 2.90 bits per heavy atom. The fraction of sp³-hybridized carbons (Fsp3) is 0.308. The summed E-state index contributed by atoms with van der Waals surface area (Å²) in [6, 6.07) is 1.54. The molecule has 0 saturated carbocycles. The fourth-order valence-electron chi connectivity index (χ4n) is 1.58. The van der Waals surface area contributed by atoms with E-state index < -0.39 is 0 Å². The Labute approximate surface area is 132 Å². The number of aromatic nitrogens is 3. The molecule has 0 aliphatic heterocycles. The predicted molar refractivity (Wildman–Crippen MR) is 80.0 cm³/mol. The third kappa shape index (κ3) is 4.34. The summed E-state index contributed by atoms with van der Waals surface area (Å²) in [7, 11) is 0. The third-order valence-corrected chi connectivity index (χ3v) is 3.10. The first kappa shape index (κ1) is 15.6. The number of halogens is 2. The van der Waals surface area contributed by atoms with Crippen molar-refractivity contribution in [2.75, 3.05) is 13.2 Å². The molecule has 2 heterocycles.